The number of carbonyl (C=O) groups is 2. The van der Waals surface area contributed by atoms with Gasteiger partial charge in [-0.15, -0.1) is 0 Å². The van der Waals surface area contributed by atoms with Crippen molar-refractivity contribution in [3.8, 4) is 0 Å². The van der Waals surface area contributed by atoms with Crippen LogP contribution in [0.2, 0.25) is 0 Å². The zero-order chi connectivity index (χ0) is 22.2. The standard InChI is InChI=1S/C24H31N5O3/c30-23(27-21-11-14-28(17-21)22-10-4-5-12-25-22)29-13-6-9-20(16-29)15-26-24(31)32-18-19-7-2-1-3-8-19/h1-5,7-8,10,12,20-21H,6,9,11,13-18H2,(H,26,31)(H,27,30). The fraction of sp³-hybridized carbons (Fsp3) is 0.458. The van der Waals surface area contributed by atoms with Crippen molar-refractivity contribution in [2.45, 2.75) is 31.9 Å². The number of carbonyl (C=O) groups excluding carboxylic acids is 2. The molecule has 0 aliphatic carbocycles. The third-order valence-corrected chi connectivity index (χ3v) is 6.04. The smallest absolute Gasteiger partial charge is 0.407 e. The van der Waals surface area contributed by atoms with E-state index in [4.69, 9.17) is 4.74 Å². The van der Waals surface area contributed by atoms with Gasteiger partial charge in [0.2, 0.25) is 0 Å². The molecule has 2 aliphatic rings. The van der Waals surface area contributed by atoms with Crippen LogP contribution in [0.3, 0.4) is 0 Å². The first kappa shape index (κ1) is 21.9. The number of pyridine rings is 1. The molecule has 1 aromatic heterocycles. The molecule has 3 heterocycles. The van der Waals surface area contributed by atoms with Crippen LogP contribution in [0, 0.1) is 5.92 Å². The van der Waals surface area contributed by atoms with Gasteiger partial charge in [-0.05, 0) is 42.9 Å². The Labute approximate surface area is 188 Å². The molecule has 8 nitrogen and oxygen atoms in total. The maximum absolute atomic E-state index is 12.8. The number of likely N-dealkylation sites (tertiary alicyclic amines) is 1. The van der Waals surface area contributed by atoms with E-state index in [1.807, 2.05) is 53.4 Å². The van der Waals surface area contributed by atoms with Gasteiger partial charge in [0.05, 0.1) is 0 Å². The minimum absolute atomic E-state index is 0.0192. The zero-order valence-electron chi connectivity index (χ0n) is 18.3. The lowest BCUT2D eigenvalue weighted by Crippen LogP contribution is -2.50. The van der Waals surface area contributed by atoms with Crippen LogP contribution in [0.5, 0.6) is 0 Å². The number of urea groups is 1. The van der Waals surface area contributed by atoms with Crippen LogP contribution < -0.4 is 15.5 Å². The predicted molar refractivity (Wildman–Crippen MR) is 122 cm³/mol. The van der Waals surface area contributed by atoms with E-state index in [0.29, 0.717) is 13.1 Å². The maximum Gasteiger partial charge on any atom is 0.407 e. The number of amides is 3. The van der Waals surface area contributed by atoms with E-state index < -0.39 is 6.09 Å². The monoisotopic (exact) mass is 437 g/mol. The zero-order valence-corrected chi connectivity index (χ0v) is 18.3. The molecule has 0 saturated carbocycles. The highest BCUT2D eigenvalue weighted by molar-refractivity contribution is 5.75. The summed E-state index contributed by atoms with van der Waals surface area (Å²) in [5.41, 5.74) is 0.955. The van der Waals surface area contributed by atoms with E-state index in [2.05, 4.69) is 20.5 Å². The average molecular weight is 438 g/mol. The lowest BCUT2D eigenvalue weighted by molar-refractivity contribution is 0.132. The lowest BCUT2D eigenvalue weighted by atomic mass is 9.98. The van der Waals surface area contributed by atoms with Gasteiger partial charge in [-0.25, -0.2) is 14.6 Å². The fourth-order valence-electron chi connectivity index (χ4n) is 4.31. The van der Waals surface area contributed by atoms with Gasteiger partial charge in [-0.3, -0.25) is 0 Å². The molecule has 2 aliphatic heterocycles. The van der Waals surface area contributed by atoms with Crippen molar-refractivity contribution in [3.05, 3.63) is 60.3 Å². The number of piperidine rings is 1. The maximum atomic E-state index is 12.8. The molecule has 2 aromatic rings. The highest BCUT2D eigenvalue weighted by Gasteiger charge is 2.29. The van der Waals surface area contributed by atoms with Crippen LogP contribution >= 0.6 is 0 Å². The van der Waals surface area contributed by atoms with Gasteiger partial charge in [-0.1, -0.05) is 36.4 Å². The predicted octanol–water partition coefficient (Wildman–Crippen LogP) is 3.01. The second kappa shape index (κ2) is 10.8. The Morgan fingerprint density at radius 1 is 1.03 bits per heavy atom. The van der Waals surface area contributed by atoms with Crippen molar-refractivity contribution >= 4 is 17.9 Å². The SMILES string of the molecule is O=C(NCC1CCCN(C(=O)NC2CCN(c3ccccn3)C2)C1)OCc1ccccc1. The number of rotatable bonds is 6. The first-order valence-electron chi connectivity index (χ1n) is 11.3. The quantitative estimate of drug-likeness (QED) is 0.726. The van der Waals surface area contributed by atoms with Gasteiger partial charge < -0.3 is 25.2 Å². The summed E-state index contributed by atoms with van der Waals surface area (Å²) in [5.74, 6) is 1.18. The van der Waals surface area contributed by atoms with Crippen LogP contribution in [0.4, 0.5) is 15.4 Å². The summed E-state index contributed by atoms with van der Waals surface area (Å²) < 4.78 is 5.28. The van der Waals surface area contributed by atoms with Gasteiger partial charge >= 0.3 is 12.1 Å². The van der Waals surface area contributed by atoms with Crippen LogP contribution in [0.1, 0.15) is 24.8 Å². The number of nitrogens with one attached hydrogen (secondary N) is 2. The number of alkyl carbamates (subject to hydrolysis) is 1. The molecule has 2 unspecified atom stereocenters. The van der Waals surface area contributed by atoms with Gasteiger partial charge in [0.1, 0.15) is 12.4 Å². The van der Waals surface area contributed by atoms with E-state index in [-0.39, 0.29) is 24.6 Å². The summed E-state index contributed by atoms with van der Waals surface area (Å²) in [5, 5.41) is 6.02. The Kier molecular flexibility index (Phi) is 7.42. The van der Waals surface area contributed by atoms with E-state index in [1.165, 1.54) is 0 Å². The van der Waals surface area contributed by atoms with Crippen molar-refractivity contribution in [3.63, 3.8) is 0 Å². The van der Waals surface area contributed by atoms with Gasteiger partial charge in [0, 0.05) is 45.0 Å². The summed E-state index contributed by atoms with van der Waals surface area (Å²) in [7, 11) is 0. The highest BCUT2D eigenvalue weighted by Crippen LogP contribution is 2.19. The van der Waals surface area contributed by atoms with Gasteiger partial charge in [-0.2, -0.15) is 0 Å². The second-order valence-corrected chi connectivity index (χ2v) is 8.47. The van der Waals surface area contributed by atoms with Crippen molar-refractivity contribution < 1.29 is 14.3 Å². The van der Waals surface area contributed by atoms with Crippen molar-refractivity contribution in [1.82, 2.24) is 20.5 Å². The Hall–Kier alpha value is -3.29. The Bertz CT molecular complexity index is 880. The average Bonchev–Trinajstić information content (AvgIpc) is 3.31. The second-order valence-electron chi connectivity index (χ2n) is 8.47. The molecule has 1 aromatic carbocycles. The number of aromatic nitrogens is 1. The number of hydrogen-bond acceptors (Lipinski definition) is 5. The van der Waals surface area contributed by atoms with E-state index in [0.717, 1.165) is 50.3 Å². The summed E-state index contributed by atoms with van der Waals surface area (Å²) in [6.07, 6.45) is 4.20. The Morgan fingerprint density at radius 2 is 1.88 bits per heavy atom. The summed E-state index contributed by atoms with van der Waals surface area (Å²) >= 11 is 0. The molecule has 170 valence electrons. The van der Waals surface area contributed by atoms with Gasteiger partial charge in [0.25, 0.3) is 0 Å². The molecule has 8 heteroatoms. The molecule has 2 saturated heterocycles. The topological polar surface area (TPSA) is 86.8 Å². The number of hydrogen-bond donors (Lipinski definition) is 2. The fourth-order valence-corrected chi connectivity index (χ4v) is 4.31. The van der Waals surface area contributed by atoms with Crippen LogP contribution in [-0.2, 0) is 11.3 Å². The van der Waals surface area contributed by atoms with Crippen molar-refractivity contribution in [2.24, 2.45) is 5.92 Å². The summed E-state index contributed by atoms with van der Waals surface area (Å²) in [6, 6.07) is 15.6. The first-order valence-corrected chi connectivity index (χ1v) is 11.3. The molecular weight excluding hydrogens is 406 g/mol. The molecule has 0 spiro atoms. The van der Waals surface area contributed by atoms with E-state index in [9.17, 15) is 9.59 Å². The van der Waals surface area contributed by atoms with E-state index >= 15 is 0 Å². The lowest BCUT2D eigenvalue weighted by Gasteiger charge is -2.33. The number of ether oxygens (including phenoxy) is 1. The normalized spacial score (nSPS) is 20.6. The highest BCUT2D eigenvalue weighted by atomic mass is 16.5. The van der Waals surface area contributed by atoms with Gasteiger partial charge in [0.15, 0.2) is 0 Å². The molecule has 2 fully saturated rings. The van der Waals surface area contributed by atoms with Crippen LogP contribution in [0.15, 0.2) is 54.7 Å². The van der Waals surface area contributed by atoms with E-state index in [1.54, 1.807) is 6.20 Å². The Balaban J connectivity index is 1.17. The molecule has 2 N–H and O–H groups in total. The first-order chi connectivity index (χ1) is 15.7. The van der Waals surface area contributed by atoms with Crippen LogP contribution in [0.25, 0.3) is 0 Å². The molecule has 3 amide bonds. The minimum atomic E-state index is -0.420. The number of benzene rings is 1. The molecular formula is C24H31N5O3. The summed E-state index contributed by atoms with van der Waals surface area (Å²) in [6.45, 7) is 3.81. The summed E-state index contributed by atoms with van der Waals surface area (Å²) in [4.78, 5) is 33.3. The third-order valence-electron chi connectivity index (χ3n) is 6.04. The van der Waals surface area contributed by atoms with Crippen molar-refractivity contribution in [1.29, 1.82) is 0 Å². The van der Waals surface area contributed by atoms with Crippen LogP contribution in [-0.4, -0.2) is 60.8 Å². The molecule has 0 bridgehead atoms. The third kappa shape index (κ3) is 6.12. The number of nitrogens with zero attached hydrogens (tertiary/aromatic N) is 3. The largest absolute Gasteiger partial charge is 0.445 e. The Morgan fingerprint density at radius 3 is 2.69 bits per heavy atom. The molecule has 4 rings (SSSR count). The number of anilines is 1. The molecule has 2 atom stereocenters. The molecule has 32 heavy (non-hydrogen) atoms. The minimum Gasteiger partial charge on any atom is -0.445 e. The van der Waals surface area contributed by atoms with Crippen molar-refractivity contribution in [2.75, 3.05) is 37.6 Å². The molecule has 0 radical (unpaired) electrons.